The lowest BCUT2D eigenvalue weighted by atomic mass is 9.85. The van der Waals surface area contributed by atoms with Gasteiger partial charge in [-0.3, -0.25) is 5.32 Å². The van der Waals surface area contributed by atoms with E-state index in [2.05, 4.69) is 24.4 Å². The summed E-state index contributed by atoms with van der Waals surface area (Å²) in [5.74, 6) is 0.106. The number of nitrogens with one attached hydrogen (secondary N) is 1. The Labute approximate surface area is 149 Å². The van der Waals surface area contributed by atoms with Crippen molar-refractivity contribution in [2.75, 3.05) is 6.26 Å². The maximum Gasteiger partial charge on any atom is 0.163 e. The molecular weight excluding hydrogens is 342 g/mol. The molecule has 0 aromatic heterocycles. The van der Waals surface area contributed by atoms with E-state index in [1.54, 1.807) is 0 Å². The van der Waals surface area contributed by atoms with Gasteiger partial charge in [-0.15, -0.1) is 0 Å². The molecule has 5 heteroatoms. The maximum atomic E-state index is 12.1. The molecule has 1 saturated heterocycles. The first-order valence-electron chi connectivity index (χ1n) is 8.18. The average molecular weight is 364 g/mol. The molecule has 0 aliphatic carbocycles. The van der Waals surface area contributed by atoms with Crippen molar-refractivity contribution >= 4 is 21.4 Å². The summed E-state index contributed by atoms with van der Waals surface area (Å²) in [7, 11) is -3.15. The van der Waals surface area contributed by atoms with Gasteiger partial charge in [0.05, 0.1) is 0 Å². The number of rotatable bonds is 4. The molecule has 3 atom stereocenters. The van der Waals surface area contributed by atoms with Gasteiger partial charge >= 0.3 is 0 Å². The Bertz CT molecular complexity index is 818. The second kappa shape index (κ2) is 6.87. The zero-order chi connectivity index (χ0) is 17.3. The number of hydrogen-bond donors (Lipinski definition) is 1. The van der Waals surface area contributed by atoms with Crippen molar-refractivity contribution in [2.24, 2.45) is 0 Å². The third kappa shape index (κ3) is 3.51. The standard InChI is InChI=1S/C19H22ClNO2S/c1-3-13-6-4-5-7-16(13)19-17(12-18(21-19)24(2,22)23)14-8-10-15(20)11-9-14/h4-11,17-19,21H,3,12H2,1-2H3. The summed E-state index contributed by atoms with van der Waals surface area (Å²) in [4.78, 5) is 0. The fraction of sp³-hybridized carbons (Fsp3) is 0.368. The lowest BCUT2D eigenvalue weighted by Gasteiger charge is -2.23. The Balaban J connectivity index is 2.04. The van der Waals surface area contributed by atoms with Gasteiger partial charge in [-0.2, -0.15) is 0 Å². The van der Waals surface area contributed by atoms with Gasteiger partial charge in [0.2, 0.25) is 0 Å². The summed E-state index contributed by atoms with van der Waals surface area (Å²) < 4.78 is 24.2. The minimum atomic E-state index is -3.15. The van der Waals surface area contributed by atoms with Crippen LogP contribution in [0.15, 0.2) is 48.5 Å². The van der Waals surface area contributed by atoms with E-state index < -0.39 is 15.2 Å². The van der Waals surface area contributed by atoms with Crippen molar-refractivity contribution in [2.45, 2.75) is 37.1 Å². The molecule has 1 N–H and O–H groups in total. The van der Waals surface area contributed by atoms with E-state index in [1.807, 2.05) is 36.4 Å². The van der Waals surface area contributed by atoms with E-state index in [4.69, 9.17) is 11.6 Å². The molecule has 0 saturated carbocycles. The van der Waals surface area contributed by atoms with Gasteiger partial charge in [0, 0.05) is 23.2 Å². The van der Waals surface area contributed by atoms with E-state index in [0.717, 1.165) is 12.0 Å². The van der Waals surface area contributed by atoms with E-state index in [1.165, 1.54) is 17.4 Å². The number of sulfone groups is 1. The van der Waals surface area contributed by atoms with Crippen LogP contribution in [-0.2, 0) is 16.3 Å². The van der Waals surface area contributed by atoms with E-state index in [-0.39, 0.29) is 12.0 Å². The van der Waals surface area contributed by atoms with Crippen molar-refractivity contribution in [3.8, 4) is 0 Å². The lowest BCUT2D eigenvalue weighted by Crippen LogP contribution is -2.31. The van der Waals surface area contributed by atoms with Crippen molar-refractivity contribution in [3.63, 3.8) is 0 Å². The average Bonchev–Trinajstić information content (AvgIpc) is 3.01. The van der Waals surface area contributed by atoms with Crippen molar-refractivity contribution < 1.29 is 8.42 Å². The second-order valence-electron chi connectivity index (χ2n) is 6.41. The van der Waals surface area contributed by atoms with Crippen LogP contribution in [0, 0.1) is 0 Å². The fourth-order valence-electron chi connectivity index (χ4n) is 3.55. The Kier molecular flexibility index (Phi) is 5.00. The van der Waals surface area contributed by atoms with Crippen LogP contribution >= 0.6 is 11.6 Å². The SMILES string of the molecule is CCc1ccccc1C1NC(S(C)(=O)=O)CC1c1ccc(Cl)cc1. The molecule has 0 radical (unpaired) electrons. The van der Waals surface area contributed by atoms with Crippen LogP contribution in [0.5, 0.6) is 0 Å². The van der Waals surface area contributed by atoms with Gasteiger partial charge in [0.15, 0.2) is 9.84 Å². The first kappa shape index (κ1) is 17.5. The molecule has 0 bridgehead atoms. The summed E-state index contributed by atoms with van der Waals surface area (Å²) >= 11 is 6.01. The molecule has 2 aromatic rings. The summed E-state index contributed by atoms with van der Waals surface area (Å²) in [5, 5.41) is 3.53. The minimum absolute atomic E-state index is 0.0120. The van der Waals surface area contributed by atoms with E-state index in [9.17, 15) is 8.42 Å². The molecule has 1 aliphatic rings. The predicted octanol–water partition coefficient (Wildman–Crippen LogP) is 4.09. The summed E-state index contributed by atoms with van der Waals surface area (Å²) in [5.41, 5.74) is 3.56. The first-order chi connectivity index (χ1) is 11.4. The van der Waals surface area contributed by atoms with Crippen LogP contribution < -0.4 is 5.32 Å². The molecule has 0 spiro atoms. The molecule has 3 unspecified atom stereocenters. The quantitative estimate of drug-likeness (QED) is 0.889. The zero-order valence-corrected chi connectivity index (χ0v) is 15.4. The first-order valence-corrected chi connectivity index (χ1v) is 10.5. The van der Waals surface area contributed by atoms with Crippen molar-refractivity contribution in [3.05, 3.63) is 70.2 Å². The number of hydrogen-bond acceptors (Lipinski definition) is 3. The van der Waals surface area contributed by atoms with Gasteiger partial charge in [-0.1, -0.05) is 54.9 Å². The largest absolute Gasteiger partial charge is 0.294 e. The molecule has 1 fully saturated rings. The normalized spacial score (nSPS) is 24.2. The van der Waals surface area contributed by atoms with Crippen LogP contribution in [0.2, 0.25) is 5.02 Å². The molecule has 24 heavy (non-hydrogen) atoms. The number of benzene rings is 2. The highest BCUT2D eigenvalue weighted by atomic mass is 35.5. The van der Waals surface area contributed by atoms with E-state index in [0.29, 0.717) is 11.4 Å². The zero-order valence-electron chi connectivity index (χ0n) is 13.9. The van der Waals surface area contributed by atoms with Crippen LogP contribution in [0.1, 0.15) is 42.0 Å². The van der Waals surface area contributed by atoms with Gasteiger partial charge in [0.25, 0.3) is 0 Å². The van der Waals surface area contributed by atoms with Crippen LogP contribution in [0.25, 0.3) is 0 Å². The Morgan fingerprint density at radius 2 is 1.79 bits per heavy atom. The van der Waals surface area contributed by atoms with Crippen LogP contribution in [0.4, 0.5) is 0 Å². The Morgan fingerprint density at radius 3 is 2.42 bits per heavy atom. The Hall–Kier alpha value is -1.36. The highest BCUT2D eigenvalue weighted by molar-refractivity contribution is 7.91. The number of halogens is 1. The molecule has 3 rings (SSSR count). The second-order valence-corrected chi connectivity index (χ2v) is 9.07. The molecule has 1 heterocycles. The Morgan fingerprint density at radius 1 is 1.12 bits per heavy atom. The lowest BCUT2D eigenvalue weighted by molar-refractivity contribution is 0.554. The molecule has 0 amide bonds. The monoisotopic (exact) mass is 363 g/mol. The van der Waals surface area contributed by atoms with Crippen LogP contribution in [0.3, 0.4) is 0 Å². The third-order valence-corrected chi connectivity index (χ3v) is 6.44. The van der Waals surface area contributed by atoms with Crippen molar-refractivity contribution in [1.82, 2.24) is 5.32 Å². The molecule has 1 aliphatic heterocycles. The molecule has 128 valence electrons. The third-order valence-electron chi connectivity index (χ3n) is 4.82. The minimum Gasteiger partial charge on any atom is -0.294 e. The maximum absolute atomic E-state index is 12.1. The van der Waals surface area contributed by atoms with E-state index >= 15 is 0 Å². The highest BCUT2D eigenvalue weighted by Gasteiger charge is 2.40. The summed E-state index contributed by atoms with van der Waals surface area (Å²) in [6.07, 6.45) is 2.80. The molecule has 2 aromatic carbocycles. The van der Waals surface area contributed by atoms with Gasteiger partial charge in [0.1, 0.15) is 5.37 Å². The summed E-state index contributed by atoms with van der Waals surface area (Å²) in [6.45, 7) is 2.12. The predicted molar refractivity (Wildman–Crippen MR) is 99.1 cm³/mol. The molecule has 3 nitrogen and oxygen atoms in total. The topological polar surface area (TPSA) is 46.2 Å². The van der Waals surface area contributed by atoms with Gasteiger partial charge < -0.3 is 0 Å². The van der Waals surface area contributed by atoms with Crippen molar-refractivity contribution in [1.29, 1.82) is 0 Å². The van der Waals surface area contributed by atoms with Gasteiger partial charge in [-0.25, -0.2) is 8.42 Å². The fourth-order valence-corrected chi connectivity index (χ4v) is 4.63. The summed E-state index contributed by atoms with van der Waals surface area (Å²) in [6, 6.07) is 16.0. The van der Waals surface area contributed by atoms with Crippen LogP contribution in [-0.4, -0.2) is 20.0 Å². The number of aryl methyl sites for hydroxylation is 1. The molecular formula is C19H22ClNO2S. The van der Waals surface area contributed by atoms with Gasteiger partial charge in [-0.05, 0) is 41.7 Å². The smallest absolute Gasteiger partial charge is 0.163 e. The highest BCUT2D eigenvalue weighted by Crippen LogP contribution is 2.42.